The molecule has 0 radical (unpaired) electrons. The number of carbonyl (C=O) groups is 3. The number of hydrogen-bond donors (Lipinski definition) is 2. The molecule has 30 heavy (non-hydrogen) atoms. The molecule has 0 unspecified atom stereocenters. The van der Waals surface area contributed by atoms with Crippen molar-refractivity contribution in [3.05, 3.63) is 47.5 Å². The summed E-state index contributed by atoms with van der Waals surface area (Å²) >= 11 is 0. The Morgan fingerprint density at radius 1 is 1.10 bits per heavy atom. The molecule has 0 aliphatic heterocycles. The summed E-state index contributed by atoms with van der Waals surface area (Å²) in [4.78, 5) is 35.5. The third-order valence-corrected chi connectivity index (χ3v) is 4.78. The van der Waals surface area contributed by atoms with Crippen molar-refractivity contribution in [3.8, 4) is 0 Å². The van der Waals surface area contributed by atoms with Gasteiger partial charge in [0.15, 0.2) is 0 Å². The van der Waals surface area contributed by atoms with Crippen molar-refractivity contribution in [2.24, 2.45) is 5.92 Å². The number of ether oxygens (including phenoxy) is 2. The van der Waals surface area contributed by atoms with E-state index in [9.17, 15) is 19.5 Å². The first-order chi connectivity index (χ1) is 14.1. The van der Waals surface area contributed by atoms with Gasteiger partial charge in [-0.05, 0) is 57.9 Å². The van der Waals surface area contributed by atoms with Gasteiger partial charge in [0.05, 0.1) is 6.42 Å². The third-order valence-electron chi connectivity index (χ3n) is 4.78. The van der Waals surface area contributed by atoms with Crippen LogP contribution in [0.1, 0.15) is 58.4 Å². The Morgan fingerprint density at radius 3 is 2.30 bits per heavy atom. The largest absolute Gasteiger partial charge is 0.478 e. The molecule has 1 amide bonds. The predicted octanol–water partition coefficient (Wildman–Crippen LogP) is 4.21. The van der Waals surface area contributed by atoms with E-state index < -0.39 is 23.6 Å². The monoisotopic (exact) mass is 417 g/mol. The highest BCUT2D eigenvalue weighted by molar-refractivity contribution is 5.92. The SMILES string of the molecule is CC(C)(C)OC(=O)NC1CCC(C=C(CC(=O)OCc2ccccc2)C(=O)O)CC1. The molecule has 2 rings (SSSR count). The van der Waals surface area contributed by atoms with E-state index >= 15 is 0 Å². The van der Waals surface area contributed by atoms with Gasteiger partial charge >= 0.3 is 18.0 Å². The minimum Gasteiger partial charge on any atom is -0.478 e. The molecule has 0 bridgehead atoms. The first-order valence-corrected chi connectivity index (χ1v) is 10.3. The number of nitrogens with one attached hydrogen (secondary N) is 1. The minimum atomic E-state index is -1.11. The van der Waals surface area contributed by atoms with E-state index in [0.29, 0.717) is 0 Å². The molecule has 0 aromatic heterocycles. The lowest BCUT2D eigenvalue weighted by Gasteiger charge is -2.29. The van der Waals surface area contributed by atoms with Crippen LogP contribution in [-0.4, -0.2) is 34.8 Å². The molecule has 7 heteroatoms. The number of hydrogen-bond acceptors (Lipinski definition) is 5. The second kappa shape index (κ2) is 10.8. The normalized spacial score (nSPS) is 19.6. The van der Waals surface area contributed by atoms with Crippen LogP contribution >= 0.6 is 0 Å². The fourth-order valence-electron chi connectivity index (χ4n) is 3.34. The van der Waals surface area contributed by atoms with E-state index in [4.69, 9.17) is 9.47 Å². The Bertz CT molecular complexity index is 758. The number of amides is 1. The molecule has 164 valence electrons. The number of carbonyl (C=O) groups excluding carboxylic acids is 2. The van der Waals surface area contributed by atoms with E-state index in [-0.39, 0.29) is 30.6 Å². The van der Waals surface area contributed by atoms with E-state index in [0.717, 1.165) is 31.2 Å². The van der Waals surface area contributed by atoms with Crippen molar-refractivity contribution >= 4 is 18.0 Å². The molecule has 0 atom stereocenters. The first kappa shape index (κ1) is 23.4. The Morgan fingerprint density at radius 2 is 1.73 bits per heavy atom. The molecule has 0 saturated heterocycles. The van der Waals surface area contributed by atoms with Crippen LogP contribution in [0, 0.1) is 5.92 Å². The highest BCUT2D eigenvalue weighted by atomic mass is 16.6. The molecular formula is C23H31NO6. The lowest BCUT2D eigenvalue weighted by atomic mass is 9.84. The zero-order chi connectivity index (χ0) is 22.1. The number of esters is 1. The number of carboxylic acids is 1. The number of allylic oxidation sites excluding steroid dienone is 1. The van der Waals surface area contributed by atoms with Gasteiger partial charge < -0.3 is 19.9 Å². The molecule has 1 aliphatic carbocycles. The lowest BCUT2D eigenvalue weighted by molar-refractivity contribution is -0.146. The zero-order valence-electron chi connectivity index (χ0n) is 17.8. The van der Waals surface area contributed by atoms with Crippen molar-refractivity contribution in [3.63, 3.8) is 0 Å². The summed E-state index contributed by atoms with van der Waals surface area (Å²) in [7, 11) is 0. The van der Waals surface area contributed by atoms with E-state index in [1.165, 1.54) is 0 Å². The number of rotatable bonds is 7. The van der Waals surface area contributed by atoms with Gasteiger partial charge in [0.1, 0.15) is 12.2 Å². The Labute approximate surface area is 177 Å². The smallest absolute Gasteiger partial charge is 0.407 e. The van der Waals surface area contributed by atoms with Crippen LogP contribution in [-0.2, 0) is 25.7 Å². The lowest BCUT2D eigenvalue weighted by Crippen LogP contribution is -2.40. The number of aliphatic carboxylic acids is 1. The molecule has 1 saturated carbocycles. The fraction of sp³-hybridized carbons (Fsp3) is 0.522. The summed E-state index contributed by atoms with van der Waals surface area (Å²) in [5.41, 5.74) is 0.356. The second-order valence-electron chi connectivity index (χ2n) is 8.58. The summed E-state index contributed by atoms with van der Waals surface area (Å²) in [5.74, 6) is -1.62. The Kier molecular flexibility index (Phi) is 8.45. The number of alkyl carbamates (subject to hydrolysis) is 1. The molecular weight excluding hydrogens is 386 g/mol. The Balaban J connectivity index is 1.82. The van der Waals surface area contributed by atoms with E-state index in [1.54, 1.807) is 6.08 Å². The molecule has 0 heterocycles. The quantitative estimate of drug-likeness (QED) is 0.509. The third kappa shape index (κ3) is 8.68. The average molecular weight is 418 g/mol. The van der Waals surface area contributed by atoms with Crippen LogP contribution < -0.4 is 5.32 Å². The maximum absolute atomic E-state index is 12.1. The van der Waals surface area contributed by atoms with Crippen LogP contribution in [0.4, 0.5) is 4.79 Å². The molecule has 2 N–H and O–H groups in total. The molecule has 7 nitrogen and oxygen atoms in total. The van der Waals surface area contributed by atoms with Crippen LogP contribution in [0.2, 0.25) is 0 Å². The van der Waals surface area contributed by atoms with Crippen molar-refractivity contribution in [2.75, 3.05) is 0 Å². The molecule has 1 aromatic rings. The van der Waals surface area contributed by atoms with Gasteiger partial charge in [-0.15, -0.1) is 0 Å². The maximum atomic E-state index is 12.1. The van der Waals surface area contributed by atoms with E-state index in [2.05, 4.69) is 5.32 Å². The summed E-state index contributed by atoms with van der Waals surface area (Å²) in [6.07, 6.45) is 3.88. The molecule has 1 aromatic carbocycles. The van der Waals surface area contributed by atoms with Crippen LogP contribution in [0.25, 0.3) is 0 Å². The van der Waals surface area contributed by atoms with Crippen molar-refractivity contribution in [2.45, 2.75) is 71.1 Å². The molecule has 1 aliphatic rings. The Hall–Kier alpha value is -2.83. The van der Waals surface area contributed by atoms with Crippen LogP contribution in [0.5, 0.6) is 0 Å². The van der Waals surface area contributed by atoms with Gasteiger partial charge in [-0.3, -0.25) is 4.79 Å². The van der Waals surface area contributed by atoms with Crippen molar-refractivity contribution in [1.29, 1.82) is 0 Å². The highest BCUT2D eigenvalue weighted by Crippen LogP contribution is 2.27. The standard InChI is InChI=1S/C23H31NO6/c1-23(2,3)30-22(28)24-19-11-9-16(10-12-19)13-18(21(26)27)14-20(25)29-15-17-7-5-4-6-8-17/h4-8,13,16,19H,9-12,14-15H2,1-3H3,(H,24,28)(H,26,27). The summed E-state index contributed by atoms with van der Waals surface area (Å²) in [6, 6.07) is 9.25. The van der Waals surface area contributed by atoms with E-state index in [1.807, 2.05) is 51.1 Å². The van der Waals surface area contributed by atoms with Gasteiger partial charge in [-0.2, -0.15) is 0 Å². The van der Waals surface area contributed by atoms with Crippen LogP contribution in [0.15, 0.2) is 42.0 Å². The summed E-state index contributed by atoms with van der Waals surface area (Å²) in [5, 5.41) is 12.3. The first-order valence-electron chi connectivity index (χ1n) is 10.3. The predicted molar refractivity (Wildman–Crippen MR) is 112 cm³/mol. The average Bonchev–Trinajstić information content (AvgIpc) is 2.66. The zero-order valence-corrected chi connectivity index (χ0v) is 17.8. The fourth-order valence-corrected chi connectivity index (χ4v) is 3.34. The topological polar surface area (TPSA) is 102 Å². The summed E-state index contributed by atoms with van der Waals surface area (Å²) in [6.45, 7) is 5.56. The molecule has 0 spiro atoms. The van der Waals surface area contributed by atoms with Crippen molar-refractivity contribution < 1.29 is 29.0 Å². The maximum Gasteiger partial charge on any atom is 0.407 e. The van der Waals surface area contributed by atoms with Crippen molar-refractivity contribution in [1.82, 2.24) is 5.32 Å². The number of benzene rings is 1. The van der Waals surface area contributed by atoms with Gasteiger partial charge in [0.25, 0.3) is 0 Å². The van der Waals surface area contributed by atoms with Gasteiger partial charge in [0.2, 0.25) is 0 Å². The summed E-state index contributed by atoms with van der Waals surface area (Å²) < 4.78 is 10.5. The second-order valence-corrected chi connectivity index (χ2v) is 8.58. The molecule has 1 fully saturated rings. The minimum absolute atomic E-state index is 0.00798. The number of carboxylic acid groups (broad SMARTS) is 1. The van der Waals surface area contributed by atoms with Gasteiger partial charge in [-0.1, -0.05) is 36.4 Å². The van der Waals surface area contributed by atoms with Crippen LogP contribution in [0.3, 0.4) is 0 Å². The highest BCUT2D eigenvalue weighted by Gasteiger charge is 2.25. The van der Waals surface area contributed by atoms with Gasteiger partial charge in [-0.25, -0.2) is 9.59 Å². The van der Waals surface area contributed by atoms with Gasteiger partial charge in [0, 0.05) is 11.6 Å².